The van der Waals surface area contributed by atoms with E-state index in [2.05, 4.69) is 10.3 Å². The van der Waals surface area contributed by atoms with E-state index in [0.717, 1.165) is 41.4 Å². The number of aromatic nitrogens is 2. The van der Waals surface area contributed by atoms with Gasteiger partial charge in [0.1, 0.15) is 11.4 Å². The van der Waals surface area contributed by atoms with Crippen LogP contribution in [0.25, 0.3) is 10.2 Å². The molecule has 1 atom stereocenters. The van der Waals surface area contributed by atoms with Crippen molar-refractivity contribution in [1.29, 1.82) is 0 Å². The lowest BCUT2D eigenvalue weighted by Gasteiger charge is -2.25. The minimum absolute atomic E-state index is 0.0268. The first kappa shape index (κ1) is 20.1. The number of benzene rings is 1. The Balaban J connectivity index is 1.24. The average Bonchev–Trinajstić information content (AvgIpc) is 3.35. The van der Waals surface area contributed by atoms with Crippen LogP contribution in [0.15, 0.2) is 34.2 Å². The first-order chi connectivity index (χ1) is 15.0. The van der Waals surface area contributed by atoms with Gasteiger partial charge in [-0.05, 0) is 37.0 Å². The number of carbonyl (C=O) groups excluding carboxylic acids is 2. The van der Waals surface area contributed by atoms with Crippen molar-refractivity contribution < 1.29 is 19.1 Å². The number of nitrogens with zero attached hydrogens (tertiary/aromatic N) is 2. The molecule has 31 heavy (non-hydrogen) atoms. The van der Waals surface area contributed by atoms with Gasteiger partial charge >= 0.3 is 0 Å². The molecule has 0 radical (unpaired) electrons. The first-order valence-electron chi connectivity index (χ1n) is 9.87. The number of thioether (sulfide) groups is 1. The SMILES string of the molecule is Cn1c(SCC(=O)NC(=O)C2COc3ccccc3O2)nc2sc3c(c2c1=O)CCC3. The van der Waals surface area contributed by atoms with E-state index in [1.54, 1.807) is 36.6 Å². The molecule has 0 saturated carbocycles. The predicted octanol–water partition coefficient (Wildman–Crippen LogP) is 2.06. The highest BCUT2D eigenvalue weighted by molar-refractivity contribution is 7.99. The second-order valence-corrected chi connectivity index (χ2v) is 9.39. The zero-order chi connectivity index (χ0) is 21.5. The van der Waals surface area contributed by atoms with Gasteiger partial charge < -0.3 is 9.47 Å². The molecule has 1 aromatic carbocycles. The molecule has 0 bridgehead atoms. The number of imide groups is 1. The number of thiophene rings is 1. The molecule has 1 aliphatic heterocycles. The summed E-state index contributed by atoms with van der Waals surface area (Å²) in [5, 5.41) is 3.49. The molecule has 160 valence electrons. The van der Waals surface area contributed by atoms with Gasteiger partial charge in [-0.3, -0.25) is 24.3 Å². The van der Waals surface area contributed by atoms with Gasteiger partial charge in [0.2, 0.25) is 12.0 Å². The average molecular weight is 458 g/mol. The van der Waals surface area contributed by atoms with Gasteiger partial charge in [0.05, 0.1) is 11.1 Å². The summed E-state index contributed by atoms with van der Waals surface area (Å²) < 4.78 is 12.6. The Morgan fingerprint density at radius 3 is 2.94 bits per heavy atom. The number of hydrogen-bond acceptors (Lipinski definition) is 8. The molecule has 10 heteroatoms. The van der Waals surface area contributed by atoms with E-state index in [0.29, 0.717) is 22.0 Å². The fraction of sp³-hybridized carbons (Fsp3) is 0.333. The molecule has 1 unspecified atom stereocenters. The van der Waals surface area contributed by atoms with Crippen molar-refractivity contribution in [2.24, 2.45) is 7.05 Å². The van der Waals surface area contributed by atoms with E-state index in [1.807, 2.05) is 6.07 Å². The van der Waals surface area contributed by atoms with Gasteiger partial charge in [-0.25, -0.2) is 4.98 Å². The Labute approximate surface area is 185 Å². The van der Waals surface area contributed by atoms with E-state index in [1.165, 1.54) is 9.44 Å². The first-order valence-corrected chi connectivity index (χ1v) is 11.7. The smallest absolute Gasteiger partial charge is 0.271 e. The number of para-hydroxylation sites is 2. The fourth-order valence-corrected chi connectivity index (χ4v) is 5.84. The summed E-state index contributed by atoms with van der Waals surface area (Å²) >= 11 is 2.68. The van der Waals surface area contributed by atoms with Crippen LogP contribution in [-0.4, -0.2) is 39.8 Å². The maximum atomic E-state index is 12.8. The van der Waals surface area contributed by atoms with Gasteiger partial charge in [-0.15, -0.1) is 11.3 Å². The third-order valence-corrected chi connectivity index (χ3v) is 7.52. The lowest BCUT2D eigenvalue weighted by atomic mass is 10.2. The predicted molar refractivity (Wildman–Crippen MR) is 117 cm³/mol. The fourth-order valence-electron chi connectivity index (χ4n) is 3.77. The van der Waals surface area contributed by atoms with Crippen LogP contribution in [0.5, 0.6) is 11.5 Å². The van der Waals surface area contributed by atoms with Crippen molar-refractivity contribution in [2.75, 3.05) is 12.4 Å². The molecule has 1 N–H and O–H groups in total. The van der Waals surface area contributed by atoms with Crippen LogP contribution in [0, 0.1) is 0 Å². The Morgan fingerprint density at radius 1 is 1.29 bits per heavy atom. The van der Waals surface area contributed by atoms with Crippen LogP contribution >= 0.6 is 23.1 Å². The number of carbonyl (C=O) groups is 2. The molecule has 3 aromatic rings. The van der Waals surface area contributed by atoms with Crippen molar-refractivity contribution >= 4 is 45.1 Å². The number of amides is 2. The van der Waals surface area contributed by atoms with Gasteiger partial charge in [-0.1, -0.05) is 23.9 Å². The maximum absolute atomic E-state index is 12.8. The molecule has 2 amide bonds. The highest BCUT2D eigenvalue weighted by atomic mass is 32.2. The van der Waals surface area contributed by atoms with Crippen LogP contribution in [0.1, 0.15) is 16.9 Å². The number of hydrogen-bond donors (Lipinski definition) is 1. The number of rotatable bonds is 4. The number of aryl methyl sites for hydroxylation is 2. The second-order valence-electron chi connectivity index (χ2n) is 7.36. The van der Waals surface area contributed by atoms with Crippen molar-refractivity contribution in [3.63, 3.8) is 0 Å². The molecule has 8 nitrogen and oxygen atoms in total. The lowest BCUT2D eigenvalue weighted by Crippen LogP contribution is -2.46. The Kier molecular flexibility index (Phi) is 5.19. The summed E-state index contributed by atoms with van der Waals surface area (Å²) in [7, 11) is 1.66. The largest absolute Gasteiger partial charge is 0.485 e. The van der Waals surface area contributed by atoms with E-state index < -0.39 is 17.9 Å². The van der Waals surface area contributed by atoms with Crippen LogP contribution in [0.4, 0.5) is 0 Å². The van der Waals surface area contributed by atoms with Crippen LogP contribution < -0.4 is 20.3 Å². The Bertz CT molecular complexity index is 1270. The second kappa shape index (κ2) is 8.01. The third kappa shape index (κ3) is 3.70. The minimum Gasteiger partial charge on any atom is -0.485 e. The highest BCUT2D eigenvalue weighted by Gasteiger charge is 2.28. The third-order valence-electron chi connectivity index (χ3n) is 5.30. The van der Waals surface area contributed by atoms with Crippen LogP contribution in [0.2, 0.25) is 0 Å². The monoisotopic (exact) mass is 457 g/mol. The standard InChI is InChI=1S/C21H19N3O5S2/c1-24-20(27)17-11-5-4-8-15(11)31-19(17)23-21(24)30-10-16(25)22-18(26)14-9-28-12-6-2-3-7-13(12)29-14/h2-3,6-7,14H,4-5,8-10H2,1H3,(H,22,25,26). The topological polar surface area (TPSA) is 99.5 Å². The number of nitrogens with one attached hydrogen (secondary N) is 1. The molecule has 2 aliphatic rings. The van der Waals surface area contributed by atoms with Crippen molar-refractivity contribution in [3.8, 4) is 11.5 Å². The lowest BCUT2D eigenvalue weighted by molar-refractivity contribution is -0.135. The van der Waals surface area contributed by atoms with Gasteiger partial charge in [0.15, 0.2) is 16.7 Å². The molecule has 3 heterocycles. The summed E-state index contributed by atoms with van der Waals surface area (Å²) in [5.74, 6) is -0.0683. The summed E-state index contributed by atoms with van der Waals surface area (Å²) in [5.41, 5.74) is 1.04. The summed E-state index contributed by atoms with van der Waals surface area (Å²) in [6, 6.07) is 7.05. The molecule has 1 aliphatic carbocycles. The molecule has 2 aromatic heterocycles. The molecule has 5 rings (SSSR count). The molecular formula is C21H19N3O5S2. The van der Waals surface area contributed by atoms with Crippen molar-refractivity contribution in [3.05, 3.63) is 45.1 Å². The minimum atomic E-state index is -0.906. The molecule has 0 spiro atoms. The summed E-state index contributed by atoms with van der Waals surface area (Å²) in [4.78, 5) is 44.1. The van der Waals surface area contributed by atoms with Crippen molar-refractivity contribution in [2.45, 2.75) is 30.5 Å². The van der Waals surface area contributed by atoms with Crippen molar-refractivity contribution in [1.82, 2.24) is 14.9 Å². The Morgan fingerprint density at radius 2 is 2.10 bits per heavy atom. The van der Waals surface area contributed by atoms with E-state index in [4.69, 9.17) is 9.47 Å². The van der Waals surface area contributed by atoms with Gasteiger partial charge in [0.25, 0.3) is 11.5 Å². The van der Waals surface area contributed by atoms with Gasteiger partial charge in [-0.2, -0.15) is 0 Å². The summed E-state index contributed by atoms with van der Waals surface area (Å²) in [6.45, 7) is 0.0268. The maximum Gasteiger partial charge on any atom is 0.271 e. The number of ether oxygens (including phenoxy) is 2. The van der Waals surface area contributed by atoms with E-state index >= 15 is 0 Å². The van der Waals surface area contributed by atoms with Crippen LogP contribution in [-0.2, 0) is 29.5 Å². The zero-order valence-electron chi connectivity index (χ0n) is 16.7. The molecule has 0 fully saturated rings. The quantitative estimate of drug-likeness (QED) is 0.473. The summed E-state index contributed by atoms with van der Waals surface area (Å²) in [6.07, 6.45) is 2.08. The van der Waals surface area contributed by atoms with E-state index in [9.17, 15) is 14.4 Å². The van der Waals surface area contributed by atoms with E-state index in [-0.39, 0.29) is 17.9 Å². The molecular weight excluding hydrogens is 438 g/mol. The normalized spacial score (nSPS) is 16.9. The number of fused-ring (bicyclic) bond motifs is 4. The zero-order valence-corrected chi connectivity index (χ0v) is 18.3. The van der Waals surface area contributed by atoms with Crippen LogP contribution in [0.3, 0.4) is 0 Å². The highest BCUT2D eigenvalue weighted by Crippen LogP contribution is 2.35. The molecule has 0 saturated heterocycles. The van der Waals surface area contributed by atoms with Gasteiger partial charge in [0, 0.05) is 11.9 Å². The Hall–Kier alpha value is -2.85.